The highest BCUT2D eigenvalue weighted by atomic mass is 16.5. The van der Waals surface area contributed by atoms with E-state index in [-0.39, 0.29) is 12.5 Å². The van der Waals surface area contributed by atoms with Crippen molar-refractivity contribution in [2.75, 3.05) is 11.9 Å². The molecule has 3 N–H and O–H groups in total. The van der Waals surface area contributed by atoms with Gasteiger partial charge in [0.15, 0.2) is 0 Å². The quantitative estimate of drug-likeness (QED) is 0.775. The van der Waals surface area contributed by atoms with Gasteiger partial charge in [0.1, 0.15) is 12.0 Å². The van der Waals surface area contributed by atoms with Gasteiger partial charge in [-0.15, -0.1) is 0 Å². The van der Waals surface area contributed by atoms with E-state index in [1.54, 1.807) is 18.2 Å². The third kappa shape index (κ3) is 2.97. The first kappa shape index (κ1) is 11.9. The van der Waals surface area contributed by atoms with Crippen molar-refractivity contribution >= 4 is 11.6 Å². The number of carbonyl (C=O) groups is 1. The number of benzene rings is 1. The predicted octanol–water partition coefficient (Wildman–Crippen LogP) is 1.24. The van der Waals surface area contributed by atoms with Crippen LogP contribution in [0.25, 0.3) is 0 Å². The van der Waals surface area contributed by atoms with Crippen molar-refractivity contribution in [1.82, 2.24) is 5.16 Å². The molecule has 0 saturated heterocycles. The Morgan fingerprint density at radius 3 is 3.11 bits per heavy atom. The Balaban J connectivity index is 2.15. The molecular weight excluding hydrogens is 230 g/mol. The molecule has 0 fully saturated rings. The van der Waals surface area contributed by atoms with Crippen LogP contribution < -0.4 is 11.1 Å². The van der Waals surface area contributed by atoms with Crippen LogP contribution >= 0.6 is 0 Å². The minimum atomic E-state index is -0.241. The zero-order chi connectivity index (χ0) is 12.8. The third-order valence-electron chi connectivity index (χ3n) is 2.15. The van der Waals surface area contributed by atoms with Crippen LogP contribution in [0, 0.1) is 11.8 Å². The highest BCUT2D eigenvalue weighted by Crippen LogP contribution is 2.09. The van der Waals surface area contributed by atoms with E-state index in [0.29, 0.717) is 11.3 Å². The largest absolute Gasteiger partial charge is 0.363 e. The van der Waals surface area contributed by atoms with E-state index < -0.39 is 0 Å². The molecule has 1 aromatic heterocycles. The summed E-state index contributed by atoms with van der Waals surface area (Å²) in [6.07, 6.45) is 2.78. The fraction of sp³-hybridized carbons (Fsp3) is 0.0769. The molecule has 0 bridgehead atoms. The normalized spacial score (nSPS) is 9.39. The second kappa shape index (κ2) is 5.66. The molecule has 18 heavy (non-hydrogen) atoms. The van der Waals surface area contributed by atoms with Gasteiger partial charge in [0, 0.05) is 11.1 Å². The van der Waals surface area contributed by atoms with Crippen molar-refractivity contribution in [3.63, 3.8) is 0 Å². The van der Waals surface area contributed by atoms with Gasteiger partial charge in [0.2, 0.25) is 0 Å². The second-order valence-electron chi connectivity index (χ2n) is 3.45. The molecule has 1 amide bonds. The summed E-state index contributed by atoms with van der Waals surface area (Å²) in [7, 11) is 0. The average molecular weight is 241 g/mol. The third-order valence-corrected chi connectivity index (χ3v) is 2.15. The summed E-state index contributed by atoms with van der Waals surface area (Å²) in [5.41, 5.74) is 7.07. The lowest BCUT2D eigenvalue weighted by Crippen LogP contribution is -2.11. The zero-order valence-electron chi connectivity index (χ0n) is 9.51. The maximum Gasteiger partial charge on any atom is 0.255 e. The summed E-state index contributed by atoms with van der Waals surface area (Å²) in [6, 6.07) is 6.99. The summed E-state index contributed by atoms with van der Waals surface area (Å²) in [4.78, 5) is 11.9. The first-order valence-corrected chi connectivity index (χ1v) is 5.29. The van der Waals surface area contributed by atoms with Crippen molar-refractivity contribution in [2.45, 2.75) is 0 Å². The Morgan fingerprint density at radius 2 is 2.39 bits per heavy atom. The molecule has 0 aliphatic carbocycles. The number of rotatable bonds is 2. The molecule has 0 saturated carbocycles. The highest BCUT2D eigenvalue weighted by Gasteiger charge is 2.07. The van der Waals surface area contributed by atoms with E-state index in [9.17, 15) is 4.79 Å². The first-order chi connectivity index (χ1) is 8.79. The van der Waals surface area contributed by atoms with Gasteiger partial charge >= 0.3 is 0 Å². The summed E-state index contributed by atoms with van der Waals surface area (Å²) in [5.74, 6) is 5.37. The molecule has 5 nitrogen and oxygen atoms in total. The molecule has 2 rings (SSSR count). The standard InChI is InChI=1S/C13H11N3O2/c14-6-2-4-10-3-1-5-11(7-10)13(17)16-12-8-15-18-9-12/h1,3,5,7-9H,6,14H2,(H,16,17). The first-order valence-electron chi connectivity index (χ1n) is 5.29. The summed E-state index contributed by atoms with van der Waals surface area (Å²) >= 11 is 0. The van der Waals surface area contributed by atoms with Crippen LogP contribution in [0.15, 0.2) is 41.2 Å². The monoisotopic (exact) mass is 241 g/mol. The number of hydrogen-bond acceptors (Lipinski definition) is 4. The van der Waals surface area contributed by atoms with Crippen LogP contribution in [-0.4, -0.2) is 17.6 Å². The van der Waals surface area contributed by atoms with Crippen molar-refractivity contribution in [2.24, 2.45) is 5.73 Å². The number of hydrogen-bond donors (Lipinski definition) is 2. The van der Waals surface area contributed by atoms with Crippen molar-refractivity contribution in [1.29, 1.82) is 0 Å². The van der Waals surface area contributed by atoms with Crippen molar-refractivity contribution in [3.8, 4) is 11.8 Å². The number of amides is 1. The summed E-state index contributed by atoms with van der Waals surface area (Å²) in [5, 5.41) is 6.15. The minimum Gasteiger partial charge on any atom is -0.363 e. The number of carbonyl (C=O) groups excluding carboxylic acids is 1. The molecule has 0 radical (unpaired) electrons. The Bertz CT molecular complexity index is 594. The zero-order valence-corrected chi connectivity index (χ0v) is 9.51. The number of nitrogens with one attached hydrogen (secondary N) is 1. The lowest BCUT2D eigenvalue weighted by Gasteiger charge is -2.02. The Morgan fingerprint density at radius 1 is 1.50 bits per heavy atom. The molecule has 90 valence electrons. The smallest absolute Gasteiger partial charge is 0.255 e. The maximum atomic E-state index is 11.9. The van der Waals surface area contributed by atoms with Crippen LogP contribution in [0.2, 0.25) is 0 Å². The number of nitrogens with zero attached hydrogens (tertiary/aromatic N) is 1. The average Bonchev–Trinajstić information content (AvgIpc) is 2.89. The van der Waals surface area contributed by atoms with Crippen LogP contribution in [0.3, 0.4) is 0 Å². The fourth-order valence-corrected chi connectivity index (χ4v) is 1.36. The van der Waals surface area contributed by atoms with Gasteiger partial charge in [-0.05, 0) is 18.2 Å². The SMILES string of the molecule is NCC#Cc1cccc(C(=O)Nc2cnoc2)c1. The van der Waals surface area contributed by atoms with Gasteiger partial charge in [0.05, 0.1) is 12.7 Å². The molecule has 0 aliphatic heterocycles. The molecule has 2 aromatic rings. The van der Waals surface area contributed by atoms with Crippen LogP contribution in [-0.2, 0) is 0 Å². The second-order valence-corrected chi connectivity index (χ2v) is 3.45. The Labute approximate surface area is 104 Å². The number of anilines is 1. The van der Waals surface area contributed by atoms with Crippen LogP contribution in [0.4, 0.5) is 5.69 Å². The van der Waals surface area contributed by atoms with E-state index in [2.05, 4.69) is 26.8 Å². The van der Waals surface area contributed by atoms with E-state index >= 15 is 0 Å². The van der Waals surface area contributed by atoms with Gasteiger partial charge < -0.3 is 15.6 Å². The number of aromatic nitrogens is 1. The number of nitrogens with two attached hydrogens (primary N) is 1. The Kier molecular flexibility index (Phi) is 3.74. The molecule has 0 aliphatic rings. The fourth-order valence-electron chi connectivity index (χ4n) is 1.36. The summed E-state index contributed by atoms with van der Waals surface area (Å²) < 4.78 is 4.63. The van der Waals surface area contributed by atoms with E-state index in [4.69, 9.17) is 5.73 Å². The van der Waals surface area contributed by atoms with Gasteiger partial charge in [0.25, 0.3) is 5.91 Å². The van der Waals surface area contributed by atoms with Gasteiger partial charge in [-0.2, -0.15) is 0 Å². The van der Waals surface area contributed by atoms with Gasteiger partial charge in [-0.25, -0.2) is 0 Å². The van der Waals surface area contributed by atoms with E-state index in [1.165, 1.54) is 12.5 Å². The van der Waals surface area contributed by atoms with Crippen LogP contribution in [0.1, 0.15) is 15.9 Å². The van der Waals surface area contributed by atoms with Crippen LogP contribution in [0.5, 0.6) is 0 Å². The molecule has 1 heterocycles. The highest BCUT2D eigenvalue weighted by molar-refractivity contribution is 6.04. The minimum absolute atomic E-state index is 0.241. The van der Waals surface area contributed by atoms with Gasteiger partial charge in [-0.3, -0.25) is 4.79 Å². The van der Waals surface area contributed by atoms with Gasteiger partial charge in [-0.1, -0.05) is 23.1 Å². The van der Waals surface area contributed by atoms with Crippen molar-refractivity contribution in [3.05, 3.63) is 47.9 Å². The molecule has 0 spiro atoms. The molecule has 0 unspecified atom stereocenters. The lowest BCUT2D eigenvalue weighted by molar-refractivity contribution is 0.102. The van der Waals surface area contributed by atoms with E-state index in [0.717, 1.165) is 5.56 Å². The van der Waals surface area contributed by atoms with E-state index in [1.807, 2.05) is 6.07 Å². The summed E-state index contributed by atoms with van der Waals surface area (Å²) in [6.45, 7) is 0.289. The predicted molar refractivity (Wildman–Crippen MR) is 66.8 cm³/mol. The molecule has 1 aromatic carbocycles. The molecule has 5 heteroatoms. The molecule has 0 atom stereocenters. The van der Waals surface area contributed by atoms with Crippen molar-refractivity contribution < 1.29 is 9.32 Å². The maximum absolute atomic E-state index is 11.9. The Hall–Kier alpha value is -2.58. The lowest BCUT2D eigenvalue weighted by atomic mass is 10.1. The molecular formula is C13H11N3O2. The topological polar surface area (TPSA) is 81.2 Å².